The van der Waals surface area contributed by atoms with E-state index in [0.29, 0.717) is 33.6 Å². The highest BCUT2D eigenvalue weighted by Gasteiger charge is 2.31. The molecular weight excluding hydrogens is 480 g/mol. The van der Waals surface area contributed by atoms with E-state index in [9.17, 15) is 13.6 Å². The average Bonchev–Trinajstić information content (AvgIpc) is 2.88. The van der Waals surface area contributed by atoms with E-state index in [4.69, 9.17) is 21.3 Å². The van der Waals surface area contributed by atoms with E-state index in [1.165, 1.54) is 31.4 Å². The van der Waals surface area contributed by atoms with Crippen LogP contribution in [0.4, 0.5) is 8.78 Å². The average molecular weight is 506 g/mol. The van der Waals surface area contributed by atoms with Gasteiger partial charge in [0.1, 0.15) is 11.6 Å². The van der Waals surface area contributed by atoms with Crippen LogP contribution in [0.2, 0.25) is 0 Å². The summed E-state index contributed by atoms with van der Waals surface area (Å²) >= 11 is 7.14. The molecule has 0 aliphatic heterocycles. The van der Waals surface area contributed by atoms with Crippen LogP contribution in [-0.4, -0.2) is 18.1 Å². The Morgan fingerprint density at radius 2 is 1.39 bits per heavy atom. The smallest absolute Gasteiger partial charge is 0.340 e. The first-order valence-electron chi connectivity index (χ1n) is 11.6. The van der Waals surface area contributed by atoms with Crippen molar-refractivity contribution < 1.29 is 18.3 Å². The Morgan fingerprint density at radius 1 is 0.861 bits per heavy atom. The molecule has 1 atom stereocenters. The molecule has 4 aromatic rings. The van der Waals surface area contributed by atoms with Crippen molar-refractivity contribution in [1.82, 2.24) is 4.98 Å². The summed E-state index contributed by atoms with van der Waals surface area (Å²) in [6.07, 6.45) is 0. The largest absolute Gasteiger partial charge is 0.465 e. The van der Waals surface area contributed by atoms with Crippen LogP contribution in [0.1, 0.15) is 57.9 Å². The van der Waals surface area contributed by atoms with Gasteiger partial charge in [0.25, 0.3) is 0 Å². The first kappa shape index (κ1) is 25.5. The molecular formula is C30H26ClF2NO2. The molecule has 0 radical (unpaired) electrons. The Labute approximate surface area is 214 Å². The summed E-state index contributed by atoms with van der Waals surface area (Å²) in [6.45, 7) is 5.97. The minimum atomic E-state index is -0.652. The number of carbonyl (C=O) groups excluding carboxylic acids is 1. The van der Waals surface area contributed by atoms with Crippen LogP contribution >= 0.6 is 11.6 Å². The lowest BCUT2D eigenvalue weighted by Gasteiger charge is -2.25. The second kappa shape index (κ2) is 10.6. The summed E-state index contributed by atoms with van der Waals surface area (Å²) in [5.41, 5.74) is 5.45. The maximum absolute atomic E-state index is 13.9. The maximum atomic E-state index is 13.9. The number of aromatic nitrogens is 1. The van der Waals surface area contributed by atoms with E-state index in [1.54, 1.807) is 24.3 Å². The number of hydrogen-bond donors (Lipinski definition) is 0. The molecule has 1 unspecified atom stereocenters. The van der Waals surface area contributed by atoms with Crippen LogP contribution in [-0.2, 0) is 4.74 Å². The van der Waals surface area contributed by atoms with Crippen molar-refractivity contribution in [2.45, 2.75) is 32.1 Å². The molecule has 0 aliphatic rings. The molecule has 1 heterocycles. The highest BCUT2D eigenvalue weighted by atomic mass is 35.5. The number of halogens is 3. The second-order valence-corrected chi connectivity index (χ2v) is 9.38. The topological polar surface area (TPSA) is 39.2 Å². The second-order valence-electron chi connectivity index (χ2n) is 8.94. The van der Waals surface area contributed by atoms with Crippen LogP contribution in [0.3, 0.4) is 0 Å². The normalized spacial score (nSPS) is 12.0. The van der Waals surface area contributed by atoms with E-state index >= 15 is 0 Å². The van der Waals surface area contributed by atoms with Gasteiger partial charge in [-0.1, -0.05) is 55.8 Å². The predicted octanol–water partition coefficient (Wildman–Crippen LogP) is 8.24. The van der Waals surface area contributed by atoms with Gasteiger partial charge in [-0.3, -0.25) is 4.98 Å². The van der Waals surface area contributed by atoms with E-state index < -0.39 is 23.0 Å². The molecule has 0 saturated carbocycles. The Balaban J connectivity index is 2.15. The summed E-state index contributed by atoms with van der Waals surface area (Å²) in [6, 6.07) is 19.5. The molecule has 0 spiro atoms. The number of hydrogen-bond acceptors (Lipinski definition) is 3. The summed E-state index contributed by atoms with van der Waals surface area (Å²) in [5, 5.41) is -0.652. The fourth-order valence-electron chi connectivity index (χ4n) is 4.25. The summed E-state index contributed by atoms with van der Waals surface area (Å²) < 4.78 is 32.8. The lowest BCUT2D eigenvalue weighted by Crippen LogP contribution is -2.15. The van der Waals surface area contributed by atoms with Gasteiger partial charge >= 0.3 is 5.97 Å². The lowest BCUT2D eigenvalue weighted by atomic mass is 9.85. The van der Waals surface area contributed by atoms with Crippen LogP contribution < -0.4 is 0 Å². The zero-order chi connectivity index (χ0) is 26.0. The molecule has 1 aromatic heterocycles. The van der Waals surface area contributed by atoms with Crippen molar-refractivity contribution in [2.24, 2.45) is 0 Å². The van der Waals surface area contributed by atoms with Crippen LogP contribution in [0, 0.1) is 18.6 Å². The van der Waals surface area contributed by atoms with Crippen LogP contribution in [0.5, 0.6) is 0 Å². The van der Waals surface area contributed by atoms with Gasteiger partial charge in [0.15, 0.2) is 0 Å². The third-order valence-electron chi connectivity index (χ3n) is 6.07. The van der Waals surface area contributed by atoms with Crippen molar-refractivity contribution in [1.29, 1.82) is 0 Å². The fraction of sp³-hybridized carbons (Fsp3) is 0.200. The number of pyridine rings is 1. The molecule has 6 heteroatoms. The Hall–Kier alpha value is -3.57. The molecule has 184 valence electrons. The third-order valence-corrected chi connectivity index (χ3v) is 6.54. The maximum Gasteiger partial charge on any atom is 0.340 e. The molecule has 3 nitrogen and oxygen atoms in total. The number of aryl methyl sites for hydroxylation is 1. The van der Waals surface area contributed by atoms with Gasteiger partial charge in [-0.2, -0.15) is 0 Å². The van der Waals surface area contributed by atoms with Gasteiger partial charge in [0.2, 0.25) is 0 Å². The van der Waals surface area contributed by atoms with Gasteiger partial charge in [0, 0.05) is 22.4 Å². The number of nitrogens with zero attached hydrogens (tertiary/aromatic N) is 1. The van der Waals surface area contributed by atoms with Crippen molar-refractivity contribution in [2.75, 3.05) is 7.11 Å². The number of methoxy groups -OCH3 is 1. The highest BCUT2D eigenvalue weighted by molar-refractivity contribution is 6.23. The number of rotatable bonds is 6. The Bertz CT molecular complexity index is 1380. The van der Waals surface area contributed by atoms with Crippen molar-refractivity contribution in [3.05, 3.63) is 112 Å². The molecule has 0 fully saturated rings. The van der Waals surface area contributed by atoms with Gasteiger partial charge < -0.3 is 4.74 Å². The number of alkyl halides is 1. The minimum absolute atomic E-state index is 0.0724. The zero-order valence-electron chi connectivity index (χ0n) is 20.5. The molecule has 4 rings (SSSR count). The predicted molar refractivity (Wildman–Crippen MR) is 139 cm³/mol. The summed E-state index contributed by atoms with van der Waals surface area (Å²) in [4.78, 5) is 18.2. The first-order chi connectivity index (χ1) is 17.2. The van der Waals surface area contributed by atoms with Crippen molar-refractivity contribution in [3.63, 3.8) is 0 Å². The van der Waals surface area contributed by atoms with E-state index in [-0.39, 0.29) is 11.5 Å². The number of benzene rings is 3. The number of ether oxygens (including phenoxy) is 1. The Kier molecular flexibility index (Phi) is 7.51. The first-order valence-corrected chi connectivity index (χ1v) is 12.0. The third kappa shape index (κ3) is 5.02. The standard InChI is InChI=1S/C30H26ClF2NO2/c1-17(2)28-25(27(31)20-7-5-18(3)6-8-20)24(19-9-13-22(32)14-10-19)26(30(35)36-4)29(34-28)21-11-15-23(33)16-12-21/h5-17,27H,1-4H3. The molecule has 0 bridgehead atoms. The fourth-order valence-corrected chi connectivity index (χ4v) is 4.62. The molecule has 0 amide bonds. The monoisotopic (exact) mass is 505 g/mol. The zero-order valence-corrected chi connectivity index (χ0v) is 21.2. The van der Waals surface area contributed by atoms with Crippen LogP contribution in [0.25, 0.3) is 22.4 Å². The Morgan fingerprint density at radius 3 is 1.89 bits per heavy atom. The SMILES string of the molecule is COC(=O)c1c(-c2ccc(F)cc2)nc(C(C)C)c(C(Cl)c2ccc(C)cc2)c1-c1ccc(F)cc1. The van der Waals surface area contributed by atoms with Crippen molar-refractivity contribution in [3.8, 4) is 22.4 Å². The summed E-state index contributed by atoms with van der Waals surface area (Å²) in [5.74, 6) is -1.50. The van der Waals surface area contributed by atoms with Gasteiger partial charge in [-0.05, 0) is 60.4 Å². The van der Waals surface area contributed by atoms with E-state index in [0.717, 1.165) is 11.1 Å². The van der Waals surface area contributed by atoms with E-state index in [2.05, 4.69) is 0 Å². The van der Waals surface area contributed by atoms with Gasteiger partial charge in [-0.25, -0.2) is 13.6 Å². The minimum Gasteiger partial charge on any atom is -0.465 e. The van der Waals surface area contributed by atoms with Crippen LogP contribution in [0.15, 0.2) is 72.8 Å². The number of carbonyl (C=O) groups is 1. The van der Waals surface area contributed by atoms with E-state index in [1.807, 2.05) is 45.0 Å². The van der Waals surface area contributed by atoms with Gasteiger partial charge in [-0.15, -0.1) is 11.6 Å². The molecule has 0 aliphatic carbocycles. The van der Waals surface area contributed by atoms with Gasteiger partial charge in [0.05, 0.1) is 23.7 Å². The molecule has 0 N–H and O–H groups in total. The lowest BCUT2D eigenvalue weighted by molar-refractivity contribution is 0.0602. The molecule has 3 aromatic carbocycles. The summed E-state index contributed by atoms with van der Waals surface area (Å²) in [7, 11) is 1.29. The molecule has 0 saturated heterocycles. The van der Waals surface area contributed by atoms with Crippen molar-refractivity contribution >= 4 is 17.6 Å². The molecule has 36 heavy (non-hydrogen) atoms. The highest BCUT2D eigenvalue weighted by Crippen LogP contribution is 2.45. The quantitative estimate of drug-likeness (QED) is 0.195. The number of esters is 1.